The summed E-state index contributed by atoms with van der Waals surface area (Å²) in [4.78, 5) is 0. The van der Waals surface area contributed by atoms with E-state index < -0.39 is 13.9 Å². The average molecular weight is 204 g/mol. The molecule has 0 heterocycles. The fourth-order valence-electron chi connectivity index (χ4n) is 0.876. The van der Waals surface area contributed by atoms with Crippen LogP contribution >= 0.6 is 0 Å². The summed E-state index contributed by atoms with van der Waals surface area (Å²) in [6, 6.07) is 0. The summed E-state index contributed by atoms with van der Waals surface area (Å²) in [7, 11) is -1.72. The molecular formula is C10H24O2Si. The van der Waals surface area contributed by atoms with Crippen LogP contribution in [0.25, 0.3) is 0 Å². The van der Waals surface area contributed by atoms with E-state index >= 15 is 0 Å². The lowest BCUT2D eigenvalue weighted by molar-refractivity contribution is 0.0289. The molecule has 0 atom stereocenters. The molecule has 0 radical (unpaired) electrons. The van der Waals surface area contributed by atoms with Crippen molar-refractivity contribution in [3.8, 4) is 0 Å². The zero-order valence-corrected chi connectivity index (χ0v) is 11.1. The van der Waals surface area contributed by atoms with E-state index in [1.807, 2.05) is 13.8 Å². The van der Waals surface area contributed by atoms with Crippen LogP contribution in [0.1, 0.15) is 34.6 Å². The molecule has 0 saturated heterocycles. The topological polar surface area (TPSA) is 29.5 Å². The van der Waals surface area contributed by atoms with Crippen LogP contribution in [0.15, 0.2) is 0 Å². The van der Waals surface area contributed by atoms with E-state index in [1.54, 1.807) is 0 Å². The maximum atomic E-state index is 9.12. The lowest BCUT2D eigenvalue weighted by Crippen LogP contribution is -2.48. The van der Waals surface area contributed by atoms with E-state index in [0.717, 1.165) is 0 Å². The molecule has 0 amide bonds. The molecular weight excluding hydrogens is 180 g/mol. The zero-order valence-electron chi connectivity index (χ0n) is 10.1. The highest BCUT2D eigenvalue weighted by Crippen LogP contribution is 2.38. The molecule has 0 unspecified atom stereocenters. The number of aliphatic hydroxyl groups is 1. The summed E-state index contributed by atoms with van der Waals surface area (Å²) in [5.74, 6) is 0. The molecule has 0 aromatic carbocycles. The van der Waals surface area contributed by atoms with Crippen molar-refractivity contribution in [2.45, 2.75) is 58.4 Å². The molecule has 0 aromatic heterocycles. The van der Waals surface area contributed by atoms with Crippen LogP contribution in [0, 0.1) is 0 Å². The number of hydrogen-bond acceptors (Lipinski definition) is 2. The van der Waals surface area contributed by atoms with E-state index in [4.69, 9.17) is 9.53 Å². The maximum Gasteiger partial charge on any atom is 0.192 e. The fourth-order valence-corrected chi connectivity index (χ4v) is 2.63. The van der Waals surface area contributed by atoms with Gasteiger partial charge in [0.15, 0.2) is 8.32 Å². The lowest BCUT2D eigenvalue weighted by Gasteiger charge is -2.42. The van der Waals surface area contributed by atoms with Crippen LogP contribution in [0.3, 0.4) is 0 Å². The van der Waals surface area contributed by atoms with Crippen LogP contribution < -0.4 is 0 Å². The molecule has 80 valence electrons. The van der Waals surface area contributed by atoms with Crippen LogP contribution in [0.4, 0.5) is 0 Å². The van der Waals surface area contributed by atoms with Crippen LogP contribution in [-0.4, -0.2) is 25.6 Å². The summed E-state index contributed by atoms with van der Waals surface area (Å²) in [6.45, 7) is 15.0. The highest BCUT2D eigenvalue weighted by Gasteiger charge is 2.41. The second kappa shape index (κ2) is 3.71. The van der Waals surface area contributed by atoms with Crippen LogP contribution in [0.2, 0.25) is 18.1 Å². The Labute approximate surface area is 83.4 Å². The number of hydrogen-bond donors (Lipinski definition) is 1. The van der Waals surface area contributed by atoms with Crippen molar-refractivity contribution in [2.75, 3.05) is 6.61 Å². The first-order chi connectivity index (χ1) is 5.52. The van der Waals surface area contributed by atoms with Crippen LogP contribution in [-0.2, 0) is 4.43 Å². The van der Waals surface area contributed by atoms with E-state index in [-0.39, 0.29) is 11.6 Å². The third-order valence-corrected chi connectivity index (χ3v) is 7.39. The first-order valence-electron chi connectivity index (χ1n) is 4.83. The fraction of sp³-hybridized carbons (Fsp3) is 1.00. The van der Waals surface area contributed by atoms with Crippen molar-refractivity contribution in [1.82, 2.24) is 0 Å². The summed E-state index contributed by atoms with van der Waals surface area (Å²) in [5, 5.41) is 9.33. The first kappa shape index (κ1) is 13.1. The van der Waals surface area contributed by atoms with Gasteiger partial charge in [0.1, 0.15) is 0 Å². The van der Waals surface area contributed by atoms with E-state index in [2.05, 4.69) is 33.9 Å². The molecule has 0 bridgehead atoms. The Morgan fingerprint density at radius 1 is 1.08 bits per heavy atom. The van der Waals surface area contributed by atoms with Gasteiger partial charge in [0.2, 0.25) is 0 Å². The molecule has 0 aromatic rings. The van der Waals surface area contributed by atoms with Crippen molar-refractivity contribution < 1.29 is 9.53 Å². The smallest absolute Gasteiger partial charge is 0.192 e. The van der Waals surface area contributed by atoms with Gasteiger partial charge in [-0.2, -0.15) is 0 Å². The lowest BCUT2D eigenvalue weighted by atomic mass is 10.2. The standard InChI is InChI=1S/C10H24O2Si/c1-9(2,3)13(6,7)12-10(4,5)8-11/h11H,8H2,1-7H3. The molecule has 1 N–H and O–H groups in total. The molecule has 0 aliphatic heterocycles. The highest BCUT2D eigenvalue weighted by atomic mass is 28.4. The Balaban J connectivity index is 4.52. The molecule has 3 heteroatoms. The molecule has 0 spiro atoms. The predicted octanol–water partition coefficient (Wildman–Crippen LogP) is 2.78. The van der Waals surface area contributed by atoms with Gasteiger partial charge in [-0.3, -0.25) is 0 Å². The van der Waals surface area contributed by atoms with Gasteiger partial charge < -0.3 is 9.53 Å². The van der Waals surface area contributed by atoms with Crippen LogP contribution in [0.5, 0.6) is 0 Å². The van der Waals surface area contributed by atoms with Crippen molar-refractivity contribution in [3.05, 3.63) is 0 Å². The SMILES string of the molecule is CC(C)(CO)O[Si](C)(C)C(C)(C)C. The first-order valence-corrected chi connectivity index (χ1v) is 7.74. The van der Waals surface area contributed by atoms with Crippen molar-refractivity contribution >= 4 is 8.32 Å². The van der Waals surface area contributed by atoms with Gasteiger partial charge in [-0.1, -0.05) is 20.8 Å². The Bertz CT molecular complexity index is 168. The summed E-state index contributed by atoms with van der Waals surface area (Å²) >= 11 is 0. The second-order valence-electron chi connectivity index (χ2n) is 5.78. The second-order valence-corrected chi connectivity index (χ2v) is 10.5. The third kappa shape index (κ3) is 3.79. The largest absolute Gasteiger partial charge is 0.410 e. The third-order valence-electron chi connectivity index (χ3n) is 2.72. The molecule has 0 rings (SSSR count). The predicted molar refractivity (Wildman–Crippen MR) is 59.4 cm³/mol. The quantitative estimate of drug-likeness (QED) is 0.716. The van der Waals surface area contributed by atoms with Gasteiger partial charge in [-0.25, -0.2) is 0 Å². The molecule has 13 heavy (non-hydrogen) atoms. The zero-order chi connectivity index (χ0) is 10.9. The Kier molecular flexibility index (Phi) is 3.75. The minimum absolute atomic E-state index is 0.0828. The monoisotopic (exact) mass is 204 g/mol. The highest BCUT2D eigenvalue weighted by molar-refractivity contribution is 6.74. The van der Waals surface area contributed by atoms with Gasteiger partial charge in [-0.05, 0) is 32.0 Å². The van der Waals surface area contributed by atoms with Gasteiger partial charge in [-0.15, -0.1) is 0 Å². The maximum absolute atomic E-state index is 9.12. The van der Waals surface area contributed by atoms with Crippen molar-refractivity contribution in [3.63, 3.8) is 0 Å². The number of rotatable bonds is 3. The molecule has 0 aliphatic rings. The molecule has 0 aliphatic carbocycles. The number of aliphatic hydroxyl groups excluding tert-OH is 1. The van der Waals surface area contributed by atoms with Crippen molar-refractivity contribution in [2.24, 2.45) is 0 Å². The van der Waals surface area contributed by atoms with Gasteiger partial charge >= 0.3 is 0 Å². The van der Waals surface area contributed by atoms with Gasteiger partial charge in [0, 0.05) is 0 Å². The van der Waals surface area contributed by atoms with E-state index in [0.29, 0.717) is 0 Å². The average Bonchev–Trinajstić information content (AvgIpc) is 1.83. The molecule has 2 nitrogen and oxygen atoms in total. The minimum Gasteiger partial charge on any atom is -0.410 e. The van der Waals surface area contributed by atoms with Gasteiger partial charge in [0.25, 0.3) is 0 Å². The Morgan fingerprint density at radius 2 is 1.46 bits per heavy atom. The Morgan fingerprint density at radius 3 is 1.69 bits per heavy atom. The molecule has 0 fully saturated rings. The van der Waals surface area contributed by atoms with E-state index in [1.165, 1.54) is 0 Å². The Hall–Kier alpha value is 0.137. The summed E-state index contributed by atoms with van der Waals surface area (Å²) in [6.07, 6.45) is 0. The molecule has 0 saturated carbocycles. The minimum atomic E-state index is -1.72. The summed E-state index contributed by atoms with van der Waals surface area (Å²) < 4.78 is 6.03. The van der Waals surface area contributed by atoms with Crippen molar-refractivity contribution in [1.29, 1.82) is 0 Å². The van der Waals surface area contributed by atoms with E-state index in [9.17, 15) is 0 Å². The van der Waals surface area contributed by atoms with Gasteiger partial charge in [0.05, 0.1) is 12.2 Å². The summed E-state index contributed by atoms with van der Waals surface area (Å²) in [5.41, 5.74) is -0.400. The normalized spacial score (nSPS) is 14.8.